The summed E-state index contributed by atoms with van der Waals surface area (Å²) in [5.41, 5.74) is 3.21. The van der Waals surface area contributed by atoms with Crippen LogP contribution < -0.4 is 5.43 Å². The molecule has 2 aliphatic rings. The van der Waals surface area contributed by atoms with Gasteiger partial charge in [-0.25, -0.2) is 5.01 Å². The topological polar surface area (TPSA) is 35.5 Å². The molecule has 2 fully saturated rings. The van der Waals surface area contributed by atoms with E-state index in [1.807, 2.05) is 0 Å². The van der Waals surface area contributed by atoms with Crippen LogP contribution in [-0.2, 0) is 0 Å². The fourth-order valence-corrected chi connectivity index (χ4v) is 1.67. The minimum atomic E-state index is -0.0694. The quantitative estimate of drug-likeness (QED) is 0.448. The highest BCUT2D eigenvalue weighted by Gasteiger charge is 2.33. The lowest BCUT2D eigenvalue weighted by Gasteiger charge is -2.22. The van der Waals surface area contributed by atoms with E-state index in [2.05, 4.69) is 10.4 Å². The molecule has 0 spiro atoms. The zero-order chi connectivity index (χ0) is 6.27. The van der Waals surface area contributed by atoms with E-state index in [4.69, 9.17) is 0 Å². The molecule has 0 aromatic heterocycles. The lowest BCUT2D eigenvalue weighted by molar-refractivity contribution is 0.146. The Morgan fingerprint density at radius 2 is 2.33 bits per heavy atom. The number of hydrazine groups is 1. The Labute approximate surface area is 54.6 Å². The first-order chi connectivity index (χ1) is 4.36. The predicted molar refractivity (Wildman–Crippen MR) is 33.7 cm³/mol. The fraction of sp³-hybridized carbons (Fsp3) is 1.00. The first-order valence-corrected chi connectivity index (χ1v) is 3.53. The second kappa shape index (κ2) is 1.94. The van der Waals surface area contributed by atoms with Crippen LogP contribution in [0.2, 0.25) is 0 Å². The number of hydrogen-bond donors (Lipinski definition) is 2. The molecule has 2 aliphatic heterocycles. The van der Waals surface area contributed by atoms with Gasteiger partial charge < -0.3 is 5.11 Å². The Morgan fingerprint density at radius 1 is 1.44 bits per heavy atom. The van der Waals surface area contributed by atoms with Crippen molar-refractivity contribution in [2.75, 3.05) is 19.6 Å². The molecule has 3 heteroatoms. The third kappa shape index (κ3) is 0.852. The second-order valence-corrected chi connectivity index (χ2v) is 2.93. The van der Waals surface area contributed by atoms with Crippen molar-refractivity contribution in [3.05, 3.63) is 0 Å². The van der Waals surface area contributed by atoms with Crippen molar-refractivity contribution in [3.63, 3.8) is 0 Å². The summed E-state index contributed by atoms with van der Waals surface area (Å²) < 4.78 is 0. The monoisotopic (exact) mass is 128 g/mol. The zero-order valence-corrected chi connectivity index (χ0v) is 5.38. The van der Waals surface area contributed by atoms with Gasteiger partial charge in [0.1, 0.15) is 0 Å². The summed E-state index contributed by atoms with van der Waals surface area (Å²) in [5, 5.41) is 11.4. The average Bonchev–Trinajstić information content (AvgIpc) is 2.09. The van der Waals surface area contributed by atoms with Crippen LogP contribution in [0, 0.1) is 5.92 Å². The van der Waals surface area contributed by atoms with Gasteiger partial charge in [-0.15, -0.1) is 0 Å². The number of aliphatic hydroxyl groups is 1. The predicted octanol–water partition coefficient (Wildman–Crippen LogP) is -0.813. The van der Waals surface area contributed by atoms with Gasteiger partial charge in [0.15, 0.2) is 0 Å². The number of rotatable bonds is 0. The van der Waals surface area contributed by atoms with Crippen molar-refractivity contribution in [1.82, 2.24) is 10.4 Å². The lowest BCUT2D eigenvalue weighted by atomic mass is 10.0. The van der Waals surface area contributed by atoms with E-state index in [-0.39, 0.29) is 6.10 Å². The molecule has 2 N–H and O–H groups in total. The molecular weight excluding hydrogens is 116 g/mol. The molecule has 9 heavy (non-hydrogen) atoms. The van der Waals surface area contributed by atoms with Crippen molar-refractivity contribution in [2.45, 2.75) is 12.5 Å². The van der Waals surface area contributed by atoms with Crippen molar-refractivity contribution in [2.24, 2.45) is 5.92 Å². The van der Waals surface area contributed by atoms with E-state index >= 15 is 0 Å². The molecule has 52 valence electrons. The minimum Gasteiger partial charge on any atom is -0.391 e. The van der Waals surface area contributed by atoms with Crippen LogP contribution in [0.5, 0.6) is 0 Å². The molecule has 0 aliphatic carbocycles. The number of nitrogens with zero attached hydrogens (tertiary/aromatic N) is 1. The Morgan fingerprint density at radius 3 is 3.00 bits per heavy atom. The van der Waals surface area contributed by atoms with Gasteiger partial charge in [0, 0.05) is 25.6 Å². The smallest absolute Gasteiger partial charge is 0.0722 e. The van der Waals surface area contributed by atoms with E-state index in [0.29, 0.717) is 5.92 Å². The van der Waals surface area contributed by atoms with Gasteiger partial charge in [-0.2, -0.15) is 0 Å². The molecule has 0 radical (unpaired) electrons. The van der Waals surface area contributed by atoms with Crippen LogP contribution in [0.25, 0.3) is 0 Å². The maximum Gasteiger partial charge on any atom is 0.0722 e. The number of fused-ring (bicyclic) bond motifs is 2. The molecule has 2 saturated heterocycles. The van der Waals surface area contributed by atoms with Crippen LogP contribution in [-0.4, -0.2) is 35.9 Å². The summed E-state index contributed by atoms with van der Waals surface area (Å²) in [7, 11) is 0. The molecule has 2 bridgehead atoms. The molecule has 0 saturated carbocycles. The van der Waals surface area contributed by atoms with Crippen molar-refractivity contribution in [1.29, 1.82) is 0 Å². The highest BCUT2D eigenvalue weighted by Crippen LogP contribution is 2.21. The largest absolute Gasteiger partial charge is 0.391 e. The molecule has 2 rings (SSSR count). The van der Waals surface area contributed by atoms with Crippen LogP contribution >= 0.6 is 0 Å². The van der Waals surface area contributed by atoms with Gasteiger partial charge in [0.25, 0.3) is 0 Å². The van der Waals surface area contributed by atoms with Gasteiger partial charge in [-0.05, 0) is 6.42 Å². The average molecular weight is 128 g/mol. The summed E-state index contributed by atoms with van der Waals surface area (Å²) in [6.07, 6.45) is 1.07. The third-order valence-corrected chi connectivity index (χ3v) is 2.26. The second-order valence-electron chi connectivity index (χ2n) is 2.93. The molecule has 3 unspecified atom stereocenters. The Hall–Kier alpha value is -0.120. The minimum absolute atomic E-state index is 0.0694. The fourth-order valence-electron chi connectivity index (χ4n) is 1.67. The molecule has 2 heterocycles. The number of hydrogen-bond acceptors (Lipinski definition) is 3. The van der Waals surface area contributed by atoms with Gasteiger partial charge >= 0.3 is 0 Å². The highest BCUT2D eigenvalue weighted by molar-refractivity contribution is 4.85. The summed E-state index contributed by atoms with van der Waals surface area (Å²) >= 11 is 0. The van der Waals surface area contributed by atoms with Crippen molar-refractivity contribution < 1.29 is 5.11 Å². The van der Waals surface area contributed by atoms with E-state index in [1.54, 1.807) is 0 Å². The normalized spacial score (nSPS) is 49.7. The van der Waals surface area contributed by atoms with E-state index < -0.39 is 0 Å². The summed E-state index contributed by atoms with van der Waals surface area (Å²) in [4.78, 5) is 0. The summed E-state index contributed by atoms with van der Waals surface area (Å²) in [5.74, 6) is 0.547. The SMILES string of the molecule is OC1CN2CC1CCN2. The maximum absolute atomic E-state index is 9.32. The van der Waals surface area contributed by atoms with E-state index in [0.717, 1.165) is 26.1 Å². The molecule has 0 aromatic carbocycles. The van der Waals surface area contributed by atoms with Crippen LogP contribution in [0.1, 0.15) is 6.42 Å². The van der Waals surface area contributed by atoms with E-state index in [1.165, 1.54) is 0 Å². The van der Waals surface area contributed by atoms with E-state index in [9.17, 15) is 5.11 Å². The Bertz CT molecular complexity index is 116. The zero-order valence-electron chi connectivity index (χ0n) is 5.38. The van der Waals surface area contributed by atoms with Crippen molar-refractivity contribution >= 4 is 0 Å². The Kier molecular flexibility index (Phi) is 1.22. The van der Waals surface area contributed by atoms with Gasteiger partial charge in [0.05, 0.1) is 6.10 Å². The first kappa shape index (κ1) is 5.65. The Balaban J connectivity index is 2.07. The molecule has 3 nitrogen and oxygen atoms in total. The van der Waals surface area contributed by atoms with Gasteiger partial charge in [-0.1, -0.05) is 0 Å². The molecule has 3 atom stereocenters. The third-order valence-electron chi connectivity index (χ3n) is 2.26. The molecular formula is C6H12N2O. The number of nitrogens with one attached hydrogen (secondary N) is 1. The molecule has 0 amide bonds. The van der Waals surface area contributed by atoms with Gasteiger partial charge in [0.2, 0.25) is 0 Å². The van der Waals surface area contributed by atoms with Crippen molar-refractivity contribution in [3.8, 4) is 0 Å². The van der Waals surface area contributed by atoms with Gasteiger partial charge in [-0.3, -0.25) is 5.43 Å². The highest BCUT2D eigenvalue weighted by atomic mass is 16.3. The summed E-state index contributed by atoms with van der Waals surface area (Å²) in [6, 6.07) is 0. The first-order valence-electron chi connectivity index (χ1n) is 3.53. The van der Waals surface area contributed by atoms with Crippen LogP contribution in [0.3, 0.4) is 0 Å². The summed E-state index contributed by atoms with van der Waals surface area (Å²) in [6.45, 7) is 2.91. The lowest BCUT2D eigenvalue weighted by Crippen LogP contribution is -2.40. The van der Waals surface area contributed by atoms with Crippen LogP contribution in [0.4, 0.5) is 0 Å². The maximum atomic E-state index is 9.32. The number of aliphatic hydroxyl groups excluding tert-OH is 1. The standard InChI is InChI=1S/C6H12N2O/c9-6-4-8-3-5(6)1-2-7-8/h5-7,9H,1-4H2. The van der Waals surface area contributed by atoms with Crippen LogP contribution in [0.15, 0.2) is 0 Å². The molecule has 0 aromatic rings.